The summed E-state index contributed by atoms with van der Waals surface area (Å²) < 4.78 is 23.1. The number of aromatic amines is 1. The van der Waals surface area contributed by atoms with E-state index in [2.05, 4.69) is 15.3 Å². The van der Waals surface area contributed by atoms with E-state index in [0.717, 1.165) is 16.6 Å². The molecule has 1 aliphatic rings. The van der Waals surface area contributed by atoms with Gasteiger partial charge in [0, 0.05) is 10.8 Å². The number of rotatable bonds is 5. The minimum absolute atomic E-state index is 0.00590. The van der Waals surface area contributed by atoms with Crippen molar-refractivity contribution in [2.24, 2.45) is 0 Å². The van der Waals surface area contributed by atoms with Crippen molar-refractivity contribution in [3.63, 3.8) is 0 Å². The smallest absolute Gasteiger partial charge is 0.234 e. The molecule has 1 aromatic heterocycles. The second-order valence-corrected chi connectivity index (χ2v) is 10.0. The lowest BCUT2D eigenvalue weighted by Crippen LogP contribution is -2.17. The number of carbonyl (C=O) groups is 1. The molecule has 140 valence electrons. The average Bonchev–Trinajstić information content (AvgIpc) is 3.23. The van der Waals surface area contributed by atoms with E-state index in [1.54, 1.807) is 0 Å². The molecule has 2 heterocycles. The van der Waals surface area contributed by atoms with E-state index in [4.69, 9.17) is 0 Å². The number of carbonyl (C=O) groups excluding carboxylic acids is 1. The van der Waals surface area contributed by atoms with E-state index in [1.165, 1.54) is 11.8 Å². The normalized spacial score (nSPS) is 18.6. The number of amides is 1. The molecule has 2 aromatic carbocycles. The highest BCUT2D eigenvalue weighted by atomic mass is 32.2. The minimum Gasteiger partial charge on any atom is -0.338 e. The van der Waals surface area contributed by atoms with Crippen molar-refractivity contribution in [2.75, 3.05) is 22.6 Å². The summed E-state index contributed by atoms with van der Waals surface area (Å²) in [6.07, 6.45) is 0.621. The Labute approximate surface area is 161 Å². The molecule has 3 aromatic rings. The van der Waals surface area contributed by atoms with E-state index in [9.17, 15) is 13.2 Å². The third-order valence-corrected chi connectivity index (χ3v) is 7.77. The molecule has 6 nitrogen and oxygen atoms in total. The zero-order valence-corrected chi connectivity index (χ0v) is 16.1. The number of nitrogens with one attached hydrogen (secondary N) is 2. The molecular formula is C19H19N3O3S2. The van der Waals surface area contributed by atoms with Crippen molar-refractivity contribution in [1.82, 2.24) is 9.97 Å². The minimum atomic E-state index is -2.92. The summed E-state index contributed by atoms with van der Waals surface area (Å²) in [4.78, 5) is 20.2. The van der Waals surface area contributed by atoms with Crippen LogP contribution in [0.15, 0.2) is 48.5 Å². The fourth-order valence-corrected chi connectivity index (χ4v) is 6.59. The topological polar surface area (TPSA) is 91.9 Å². The Morgan fingerprint density at radius 1 is 1.19 bits per heavy atom. The standard InChI is InChI=1S/C19H19N3O3S2/c23-18(11-26-13-9-10-27(24,25)12-13)20-15-6-2-1-5-14(15)19-21-16-7-3-4-8-17(16)22-19/h1-8,13H,9-12H2,(H,20,23)(H,21,22). The van der Waals surface area contributed by atoms with Crippen LogP contribution in [0.1, 0.15) is 6.42 Å². The van der Waals surface area contributed by atoms with Gasteiger partial charge in [0.2, 0.25) is 5.91 Å². The highest BCUT2D eigenvalue weighted by molar-refractivity contribution is 8.02. The van der Waals surface area contributed by atoms with Gasteiger partial charge in [-0.1, -0.05) is 24.3 Å². The number of H-pyrrole nitrogens is 1. The first-order chi connectivity index (χ1) is 13.0. The molecule has 2 N–H and O–H groups in total. The van der Waals surface area contributed by atoms with Gasteiger partial charge in [-0.15, -0.1) is 11.8 Å². The number of fused-ring (bicyclic) bond motifs is 1. The van der Waals surface area contributed by atoms with Crippen LogP contribution in [0, 0.1) is 0 Å². The summed E-state index contributed by atoms with van der Waals surface area (Å²) in [7, 11) is -2.92. The van der Waals surface area contributed by atoms with Crippen LogP contribution in [0.2, 0.25) is 0 Å². The summed E-state index contributed by atoms with van der Waals surface area (Å²) >= 11 is 1.40. The molecule has 1 aliphatic heterocycles. The van der Waals surface area contributed by atoms with Crippen LogP contribution >= 0.6 is 11.8 Å². The van der Waals surface area contributed by atoms with Crippen LogP contribution in [0.4, 0.5) is 5.69 Å². The molecule has 1 atom stereocenters. The lowest BCUT2D eigenvalue weighted by molar-refractivity contribution is -0.113. The number of hydrogen-bond acceptors (Lipinski definition) is 5. The van der Waals surface area contributed by atoms with E-state index >= 15 is 0 Å². The van der Waals surface area contributed by atoms with Crippen LogP contribution in [-0.2, 0) is 14.6 Å². The molecule has 0 spiro atoms. The Bertz CT molecular complexity index is 1060. The average molecular weight is 402 g/mol. The van der Waals surface area contributed by atoms with Gasteiger partial charge in [0.25, 0.3) is 0 Å². The number of nitrogens with zero attached hydrogens (tertiary/aromatic N) is 1. The van der Waals surface area contributed by atoms with Crippen LogP contribution in [-0.4, -0.2) is 46.8 Å². The van der Waals surface area contributed by atoms with Gasteiger partial charge in [-0.25, -0.2) is 13.4 Å². The number of para-hydroxylation sites is 3. The summed E-state index contributed by atoms with van der Waals surface area (Å²) in [5.74, 6) is 1.17. The van der Waals surface area contributed by atoms with Crippen molar-refractivity contribution in [3.05, 3.63) is 48.5 Å². The van der Waals surface area contributed by atoms with E-state index < -0.39 is 9.84 Å². The Hall–Kier alpha value is -2.32. The molecule has 0 bridgehead atoms. The lowest BCUT2D eigenvalue weighted by Gasteiger charge is -2.11. The molecule has 8 heteroatoms. The second-order valence-electron chi connectivity index (χ2n) is 6.53. The summed E-state index contributed by atoms with van der Waals surface area (Å²) in [5, 5.41) is 2.93. The van der Waals surface area contributed by atoms with Gasteiger partial charge >= 0.3 is 0 Å². The molecule has 4 rings (SSSR count). The Kier molecular flexibility index (Phi) is 4.92. The van der Waals surface area contributed by atoms with Crippen molar-refractivity contribution in [1.29, 1.82) is 0 Å². The molecule has 0 aliphatic carbocycles. The Morgan fingerprint density at radius 2 is 1.96 bits per heavy atom. The summed E-state index contributed by atoms with van der Waals surface area (Å²) in [6.45, 7) is 0. The predicted octanol–water partition coefficient (Wildman–Crippen LogP) is 3.09. The predicted molar refractivity (Wildman–Crippen MR) is 110 cm³/mol. The number of hydrogen-bond donors (Lipinski definition) is 2. The van der Waals surface area contributed by atoms with Gasteiger partial charge < -0.3 is 10.3 Å². The zero-order chi connectivity index (χ0) is 18.9. The Balaban J connectivity index is 1.47. The van der Waals surface area contributed by atoms with Crippen molar-refractivity contribution in [2.45, 2.75) is 11.7 Å². The van der Waals surface area contributed by atoms with Gasteiger partial charge in [-0.05, 0) is 30.7 Å². The van der Waals surface area contributed by atoms with Gasteiger partial charge in [-0.2, -0.15) is 0 Å². The summed E-state index contributed by atoms with van der Waals surface area (Å²) in [6, 6.07) is 15.3. The van der Waals surface area contributed by atoms with Crippen LogP contribution in [0.5, 0.6) is 0 Å². The van der Waals surface area contributed by atoms with Crippen LogP contribution in [0.3, 0.4) is 0 Å². The zero-order valence-electron chi connectivity index (χ0n) is 14.5. The lowest BCUT2D eigenvalue weighted by atomic mass is 10.1. The fraction of sp³-hybridized carbons (Fsp3) is 0.263. The highest BCUT2D eigenvalue weighted by Crippen LogP contribution is 2.28. The van der Waals surface area contributed by atoms with Gasteiger partial charge in [0.15, 0.2) is 9.84 Å². The number of benzene rings is 2. The maximum absolute atomic E-state index is 12.4. The maximum atomic E-state index is 12.4. The second kappa shape index (κ2) is 7.36. The fourth-order valence-electron chi connectivity index (χ4n) is 3.15. The number of aromatic nitrogens is 2. The van der Waals surface area contributed by atoms with Crippen molar-refractivity contribution >= 4 is 44.2 Å². The molecule has 0 radical (unpaired) electrons. The molecule has 1 saturated heterocycles. The number of sulfone groups is 1. The quantitative estimate of drug-likeness (QED) is 0.685. The monoisotopic (exact) mass is 401 g/mol. The van der Waals surface area contributed by atoms with E-state index in [1.807, 2.05) is 48.5 Å². The number of anilines is 1. The van der Waals surface area contributed by atoms with Gasteiger partial charge in [0.05, 0.1) is 34.0 Å². The highest BCUT2D eigenvalue weighted by Gasteiger charge is 2.28. The number of imidazole rings is 1. The van der Waals surface area contributed by atoms with Crippen LogP contribution < -0.4 is 5.32 Å². The maximum Gasteiger partial charge on any atom is 0.234 e. The van der Waals surface area contributed by atoms with Gasteiger partial charge in [-0.3, -0.25) is 4.79 Å². The molecule has 1 fully saturated rings. The molecular weight excluding hydrogens is 382 g/mol. The largest absolute Gasteiger partial charge is 0.338 e. The third-order valence-electron chi connectivity index (χ3n) is 4.49. The van der Waals surface area contributed by atoms with E-state index in [0.29, 0.717) is 17.9 Å². The first-order valence-electron chi connectivity index (χ1n) is 8.66. The van der Waals surface area contributed by atoms with Gasteiger partial charge in [0.1, 0.15) is 5.82 Å². The molecule has 1 unspecified atom stereocenters. The van der Waals surface area contributed by atoms with Crippen molar-refractivity contribution in [3.8, 4) is 11.4 Å². The van der Waals surface area contributed by atoms with E-state index in [-0.39, 0.29) is 28.4 Å². The molecule has 0 saturated carbocycles. The number of thioether (sulfide) groups is 1. The first-order valence-corrected chi connectivity index (χ1v) is 11.5. The third kappa shape index (κ3) is 4.17. The molecule has 27 heavy (non-hydrogen) atoms. The van der Waals surface area contributed by atoms with Crippen molar-refractivity contribution < 1.29 is 13.2 Å². The first kappa shape index (κ1) is 18.1. The summed E-state index contributed by atoms with van der Waals surface area (Å²) in [5.41, 5.74) is 3.30. The Morgan fingerprint density at radius 3 is 2.74 bits per heavy atom. The molecule has 1 amide bonds. The SMILES string of the molecule is O=C(CSC1CCS(=O)(=O)C1)Nc1ccccc1-c1nc2ccccc2[nH]1. The van der Waals surface area contributed by atoms with Crippen LogP contribution in [0.25, 0.3) is 22.4 Å².